The van der Waals surface area contributed by atoms with Crippen molar-refractivity contribution in [3.05, 3.63) is 18.2 Å². The number of carbonyl (C=O) groups is 2. The number of carboxylic acids is 1. The van der Waals surface area contributed by atoms with E-state index in [0.717, 1.165) is 12.8 Å². The number of aromatic amines is 1. The molecule has 0 aromatic carbocycles. The van der Waals surface area contributed by atoms with Gasteiger partial charge in [-0.05, 0) is 18.8 Å². The smallest absolute Gasteiger partial charge is 0.326 e. The quantitative estimate of drug-likeness (QED) is 0.698. The highest BCUT2D eigenvalue weighted by atomic mass is 16.4. The zero-order valence-electron chi connectivity index (χ0n) is 12.2. The summed E-state index contributed by atoms with van der Waals surface area (Å²) in [6.07, 6.45) is 10.7. The Kier molecular flexibility index (Phi) is 5.78. The molecule has 1 fully saturated rings. The Morgan fingerprint density at radius 2 is 2.05 bits per heavy atom. The lowest BCUT2D eigenvalue weighted by Gasteiger charge is -2.17. The second-order valence-electron chi connectivity index (χ2n) is 5.80. The normalized spacial score (nSPS) is 17.9. The number of hydrogen-bond acceptors (Lipinski definition) is 3. The van der Waals surface area contributed by atoms with Gasteiger partial charge in [0.25, 0.3) is 0 Å². The minimum atomic E-state index is -1.01. The van der Waals surface area contributed by atoms with E-state index >= 15 is 0 Å². The van der Waals surface area contributed by atoms with E-state index in [1.165, 1.54) is 32.0 Å². The first kappa shape index (κ1) is 15.5. The van der Waals surface area contributed by atoms with Crippen molar-refractivity contribution in [1.29, 1.82) is 0 Å². The van der Waals surface area contributed by atoms with Gasteiger partial charge in [-0.2, -0.15) is 0 Å². The lowest BCUT2D eigenvalue weighted by atomic mass is 9.96. The Balaban J connectivity index is 1.84. The van der Waals surface area contributed by atoms with Crippen LogP contribution in [0.1, 0.15) is 50.6 Å². The maximum atomic E-state index is 12.1. The first-order chi connectivity index (χ1) is 10.1. The fourth-order valence-electron chi connectivity index (χ4n) is 2.90. The van der Waals surface area contributed by atoms with E-state index in [2.05, 4.69) is 15.3 Å². The summed E-state index contributed by atoms with van der Waals surface area (Å²) in [5.41, 5.74) is 0.706. The molecule has 1 aliphatic carbocycles. The summed E-state index contributed by atoms with van der Waals surface area (Å²) in [5, 5.41) is 11.9. The number of nitrogens with one attached hydrogen (secondary N) is 2. The minimum Gasteiger partial charge on any atom is -0.480 e. The number of H-pyrrole nitrogens is 1. The number of aromatic nitrogens is 2. The molecule has 1 aromatic heterocycles. The number of rotatable bonds is 6. The van der Waals surface area contributed by atoms with Crippen LogP contribution >= 0.6 is 0 Å². The fourth-order valence-corrected chi connectivity index (χ4v) is 2.90. The predicted molar refractivity (Wildman–Crippen MR) is 77.7 cm³/mol. The van der Waals surface area contributed by atoms with Crippen LogP contribution in [0, 0.1) is 5.92 Å². The third-order valence-corrected chi connectivity index (χ3v) is 4.06. The predicted octanol–water partition coefficient (Wildman–Crippen LogP) is 1.88. The second-order valence-corrected chi connectivity index (χ2v) is 5.80. The third-order valence-electron chi connectivity index (χ3n) is 4.06. The first-order valence-electron chi connectivity index (χ1n) is 7.64. The van der Waals surface area contributed by atoms with E-state index < -0.39 is 12.0 Å². The maximum absolute atomic E-state index is 12.1. The maximum Gasteiger partial charge on any atom is 0.326 e. The number of aliphatic carboxylic acids is 1. The van der Waals surface area contributed by atoms with Gasteiger partial charge < -0.3 is 15.4 Å². The van der Waals surface area contributed by atoms with E-state index in [4.69, 9.17) is 0 Å². The SMILES string of the molecule is O=C(CC1CCCCCC1)NC(Cc1cnc[nH]1)C(=O)O. The standard InChI is InChI=1S/C15H23N3O3/c19-14(7-11-5-3-1-2-4-6-11)18-13(15(20)21)8-12-9-16-10-17-12/h9-11,13H,1-8H2,(H,16,17)(H,18,19)(H,20,21). The average Bonchev–Trinajstić information content (AvgIpc) is 2.81. The lowest BCUT2D eigenvalue weighted by Crippen LogP contribution is -2.42. The summed E-state index contributed by atoms with van der Waals surface area (Å²) >= 11 is 0. The van der Waals surface area contributed by atoms with Gasteiger partial charge in [-0.25, -0.2) is 9.78 Å². The van der Waals surface area contributed by atoms with Gasteiger partial charge in [-0.1, -0.05) is 25.7 Å². The van der Waals surface area contributed by atoms with Crippen molar-refractivity contribution in [3.8, 4) is 0 Å². The molecule has 6 nitrogen and oxygen atoms in total. The molecule has 1 aromatic rings. The van der Waals surface area contributed by atoms with Gasteiger partial charge in [0.15, 0.2) is 0 Å². The molecule has 2 rings (SSSR count). The van der Waals surface area contributed by atoms with Crippen LogP contribution in [0.15, 0.2) is 12.5 Å². The van der Waals surface area contributed by atoms with Crippen molar-refractivity contribution in [2.45, 2.75) is 57.4 Å². The summed E-state index contributed by atoms with van der Waals surface area (Å²) in [6.45, 7) is 0. The summed E-state index contributed by atoms with van der Waals surface area (Å²) in [7, 11) is 0. The van der Waals surface area contributed by atoms with Crippen molar-refractivity contribution in [1.82, 2.24) is 15.3 Å². The number of imidazole rings is 1. The topological polar surface area (TPSA) is 95.1 Å². The highest BCUT2D eigenvalue weighted by Gasteiger charge is 2.23. The lowest BCUT2D eigenvalue weighted by molar-refractivity contribution is -0.142. The molecule has 116 valence electrons. The second kappa shape index (κ2) is 7.81. The summed E-state index contributed by atoms with van der Waals surface area (Å²) < 4.78 is 0. The number of carbonyl (C=O) groups excluding carboxylic acids is 1. The van der Waals surface area contributed by atoms with E-state index in [1.54, 1.807) is 6.20 Å². The molecule has 1 saturated carbocycles. The number of nitrogens with zero attached hydrogens (tertiary/aromatic N) is 1. The average molecular weight is 293 g/mol. The van der Waals surface area contributed by atoms with Crippen molar-refractivity contribution < 1.29 is 14.7 Å². The third kappa shape index (κ3) is 5.21. The summed E-state index contributed by atoms with van der Waals surface area (Å²) in [5.74, 6) is -0.776. The van der Waals surface area contributed by atoms with Gasteiger partial charge in [0.2, 0.25) is 5.91 Å². The molecule has 0 aliphatic heterocycles. The zero-order valence-corrected chi connectivity index (χ0v) is 12.2. The van der Waals surface area contributed by atoms with Crippen molar-refractivity contribution in [3.63, 3.8) is 0 Å². The van der Waals surface area contributed by atoms with Crippen molar-refractivity contribution >= 4 is 11.9 Å². The van der Waals surface area contributed by atoms with Gasteiger partial charge in [0.05, 0.1) is 6.33 Å². The number of carboxylic acid groups (broad SMARTS) is 1. The van der Waals surface area contributed by atoms with Crippen LogP contribution in [0.3, 0.4) is 0 Å². The van der Waals surface area contributed by atoms with Gasteiger partial charge in [0.1, 0.15) is 6.04 Å². The van der Waals surface area contributed by atoms with Gasteiger partial charge in [-0.3, -0.25) is 4.79 Å². The van der Waals surface area contributed by atoms with Crippen LogP contribution in [0.25, 0.3) is 0 Å². The monoisotopic (exact) mass is 293 g/mol. The molecule has 21 heavy (non-hydrogen) atoms. The minimum absolute atomic E-state index is 0.159. The van der Waals surface area contributed by atoms with Gasteiger partial charge >= 0.3 is 5.97 Å². The molecule has 0 bridgehead atoms. The fraction of sp³-hybridized carbons (Fsp3) is 0.667. The van der Waals surface area contributed by atoms with E-state index in [9.17, 15) is 14.7 Å². The van der Waals surface area contributed by atoms with Crippen molar-refractivity contribution in [2.24, 2.45) is 5.92 Å². The molecule has 6 heteroatoms. The Morgan fingerprint density at radius 1 is 1.33 bits per heavy atom. The Labute approximate surface area is 124 Å². The van der Waals surface area contributed by atoms with Crippen LogP contribution in [-0.4, -0.2) is 33.0 Å². The molecular formula is C15H23N3O3. The molecule has 0 saturated heterocycles. The Hall–Kier alpha value is -1.85. The molecule has 0 spiro atoms. The molecule has 1 atom stereocenters. The molecular weight excluding hydrogens is 270 g/mol. The molecule has 3 N–H and O–H groups in total. The van der Waals surface area contributed by atoms with Gasteiger partial charge in [0, 0.05) is 24.7 Å². The molecule has 1 unspecified atom stereocenters. The molecule has 1 heterocycles. The largest absolute Gasteiger partial charge is 0.480 e. The molecule has 1 amide bonds. The summed E-state index contributed by atoms with van der Waals surface area (Å²) in [4.78, 5) is 30.0. The van der Waals surface area contributed by atoms with Crippen molar-refractivity contribution in [2.75, 3.05) is 0 Å². The van der Waals surface area contributed by atoms with Crippen LogP contribution in [0.4, 0.5) is 0 Å². The highest BCUT2D eigenvalue weighted by molar-refractivity contribution is 5.83. The Morgan fingerprint density at radius 3 is 2.62 bits per heavy atom. The highest BCUT2D eigenvalue weighted by Crippen LogP contribution is 2.25. The van der Waals surface area contributed by atoms with Gasteiger partial charge in [-0.15, -0.1) is 0 Å². The molecule has 1 aliphatic rings. The number of hydrogen-bond donors (Lipinski definition) is 3. The van der Waals surface area contributed by atoms with Crippen LogP contribution in [0.5, 0.6) is 0 Å². The van der Waals surface area contributed by atoms with E-state index in [0.29, 0.717) is 18.0 Å². The summed E-state index contributed by atoms with van der Waals surface area (Å²) in [6, 6.07) is -0.899. The van der Waals surface area contributed by atoms with Crippen LogP contribution in [-0.2, 0) is 16.0 Å². The molecule has 0 radical (unpaired) electrons. The number of amides is 1. The van der Waals surface area contributed by atoms with Crippen LogP contribution < -0.4 is 5.32 Å². The first-order valence-corrected chi connectivity index (χ1v) is 7.64. The van der Waals surface area contributed by atoms with E-state index in [1.807, 2.05) is 0 Å². The van der Waals surface area contributed by atoms with Crippen LogP contribution in [0.2, 0.25) is 0 Å². The van der Waals surface area contributed by atoms with E-state index in [-0.39, 0.29) is 12.3 Å². The zero-order chi connectivity index (χ0) is 15.1. The Bertz CT molecular complexity index is 451.